The first-order valence-electron chi connectivity index (χ1n) is 8.46. The zero-order valence-corrected chi connectivity index (χ0v) is 16.0. The van der Waals surface area contributed by atoms with Crippen molar-refractivity contribution in [2.45, 2.75) is 25.5 Å². The van der Waals surface area contributed by atoms with Gasteiger partial charge in [-0.15, -0.1) is 10.2 Å². The van der Waals surface area contributed by atoms with Crippen LogP contribution in [0.15, 0.2) is 52.1 Å². The van der Waals surface area contributed by atoms with Gasteiger partial charge in [0.2, 0.25) is 0 Å². The Hall–Kier alpha value is -2.47. The molecule has 0 aliphatic carbocycles. The molecule has 136 valence electrons. The molecular weight excluding hydrogens is 348 g/mol. The lowest BCUT2D eigenvalue weighted by Crippen LogP contribution is -1.99. The SMILES string of the molecule is COc1ccccc1-c1nnc(SCCCOc2cc(C)cc(C)c2)o1. The van der Waals surface area contributed by atoms with E-state index < -0.39 is 0 Å². The van der Waals surface area contributed by atoms with Crippen molar-refractivity contribution in [3.63, 3.8) is 0 Å². The topological polar surface area (TPSA) is 57.4 Å². The van der Waals surface area contributed by atoms with E-state index in [2.05, 4.69) is 42.2 Å². The standard InChI is InChI=1S/C20H22N2O3S/c1-14-11-15(2)13-16(12-14)24-9-6-10-26-20-22-21-19(25-20)17-7-4-5-8-18(17)23-3/h4-5,7-8,11-13H,6,9-10H2,1-3H3. The summed E-state index contributed by atoms with van der Waals surface area (Å²) in [6.07, 6.45) is 0.893. The molecule has 3 rings (SSSR count). The van der Waals surface area contributed by atoms with Gasteiger partial charge in [-0.05, 0) is 55.7 Å². The van der Waals surface area contributed by atoms with Crippen molar-refractivity contribution in [1.82, 2.24) is 10.2 Å². The minimum atomic E-state index is 0.469. The Morgan fingerprint density at radius 3 is 2.58 bits per heavy atom. The largest absolute Gasteiger partial charge is 0.496 e. The van der Waals surface area contributed by atoms with Crippen molar-refractivity contribution in [3.05, 3.63) is 53.6 Å². The molecule has 0 saturated carbocycles. The summed E-state index contributed by atoms with van der Waals surface area (Å²) in [5.74, 6) is 2.95. The number of aromatic nitrogens is 2. The van der Waals surface area contributed by atoms with Crippen molar-refractivity contribution >= 4 is 11.8 Å². The molecular formula is C20H22N2O3S. The molecule has 1 heterocycles. The number of nitrogens with zero attached hydrogens (tertiary/aromatic N) is 2. The molecule has 5 nitrogen and oxygen atoms in total. The third-order valence-corrected chi connectivity index (χ3v) is 4.63. The first-order valence-corrected chi connectivity index (χ1v) is 9.45. The Bertz CT molecular complexity index is 844. The smallest absolute Gasteiger partial charge is 0.276 e. The van der Waals surface area contributed by atoms with Crippen LogP contribution in [0.4, 0.5) is 0 Å². The maximum absolute atomic E-state index is 5.81. The average molecular weight is 370 g/mol. The Morgan fingerprint density at radius 1 is 1.04 bits per heavy atom. The van der Waals surface area contributed by atoms with Crippen LogP contribution in [0.5, 0.6) is 11.5 Å². The second-order valence-electron chi connectivity index (χ2n) is 5.95. The van der Waals surface area contributed by atoms with Gasteiger partial charge in [-0.25, -0.2) is 0 Å². The van der Waals surface area contributed by atoms with E-state index in [4.69, 9.17) is 13.9 Å². The molecule has 26 heavy (non-hydrogen) atoms. The van der Waals surface area contributed by atoms with E-state index in [9.17, 15) is 0 Å². The normalized spacial score (nSPS) is 10.7. The third-order valence-electron chi connectivity index (χ3n) is 3.72. The zero-order valence-electron chi connectivity index (χ0n) is 15.2. The molecule has 0 saturated heterocycles. The van der Waals surface area contributed by atoms with E-state index in [0.29, 0.717) is 17.7 Å². The molecule has 0 N–H and O–H groups in total. The van der Waals surface area contributed by atoms with Crippen LogP contribution in [0, 0.1) is 13.8 Å². The summed E-state index contributed by atoms with van der Waals surface area (Å²) < 4.78 is 16.9. The maximum Gasteiger partial charge on any atom is 0.276 e. The summed E-state index contributed by atoms with van der Waals surface area (Å²) in [6.45, 7) is 4.80. The van der Waals surface area contributed by atoms with Crippen LogP contribution in [0.2, 0.25) is 0 Å². The summed E-state index contributed by atoms with van der Waals surface area (Å²) in [5.41, 5.74) is 3.22. The summed E-state index contributed by atoms with van der Waals surface area (Å²) in [4.78, 5) is 0. The van der Waals surface area contributed by atoms with Gasteiger partial charge in [-0.1, -0.05) is 30.0 Å². The van der Waals surface area contributed by atoms with Gasteiger partial charge in [0.25, 0.3) is 11.1 Å². The lowest BCUT2D eigenvalue weighted by Gasteiger charge is -2.07. The highest BCUT2D eigenvalue weighted by molar-refractivity contribution is 7.99. The van der Waals surface area contributed by atoms with Gasteiger partial charge < -0.3 is 13.9 Å². The number of thioether (sulfide) groups is 1. The number of ether oxygens (including phenoxy) is 2. The Balaban J connectivity index is 1.48. The molecule has 2 aromatic carbocycles. The minimum absolute atomic E-state index is 0.469. The summed E-state index contributed by atoms with van der Waals surface area (Å²) >= 11 is 1.53. The van der Waals surface area contributed by atoms with E-state index in [1.54, 1.807) is 7.11 Å². The predicted octanol–water partition coefficient (Wildman–Crippen LogP) is 4.92. The molecule has 6 heteroatoms. The molecule has 0 bridgehead atoms. The fourth-order valence-electron chi connectivity index (χ4n) is 2.62. The highest BCUT2D eigenvalue weighted by Gasteiger charge is 2.13. The Morgan fingerprint density at radius 2 is 1.81 bits per heavy atom. The molecule has 0 amide bonds. The highest BCUT2D eigenvalue weighted by Crippen LogP contribution is 2.30. The molecule has 0 spiro atoms. The average Bonchev–Trinajstić information content (AvgIpc) is 3.09. The molecule has 0 atom stereocenters. The first kappa shape index (κ1) is 18.3. The number of rotatable bonds is 8. The molecule has 0 radical (unpaired) electrons. The number of hydrogen-bond acceptors (Lipinski definition) is 6. The fraction of sp³-hybridized carbons (Fsp3) is 0.300. The van der Waals surface area contributed by atoms with Crippen LogP contribution in [0.3, 0.4) is 0 Å². The van der Waals surface area contributed by atoms with Gasteiger partial charge in [-0.2, -0.15) is 0 Å². The fourth-order valence-corrected chi connectivity index (χ4v) is 3.30. The van der Waals surface area contributed by atoms with Crippen LogP contribution >= 0.6 is 11.8 Å². The van der Waals surface area contributed by atoms with Crippen LogP contribution in [-0.4, -0.2) is 29.7 Å². The lowest BCUT2D eigenvalue weighted by molar-refractivity contribution is 0.318. The van der Waals surface area contributed by atoms with Crippen molar-refractivity contribution < 1.29 is 13.9 Å². The van der Waals surface area contributed by atoms with E-state index >= 15 is 0 Å². The van der Waals surface area contributed by atoms with Crippen molar-refractivity contribution in [2.75, 3.05) is 19.5 Å². The number of hydrogen-bond donors (Lipinski definition) is 0. The van der Waals surface area contributed by atoms with E-state index in [0.717, 1.165) is 29.2 Å². The van der Waals surface area contributed by atoms with Gasteiger partial charge in [-0.3, -0.25) is 0 Å². The van der Waals surface area contributed by atoms with Crippen LogP contribution in [-0.2, 0) is 0 Å². The lowest BCUT2D eigenvalue weighted by atomic mass is 10.1. The van der Waals surface area contributed by atoms with E-state index in [1.165, 1.54) is 22.9 Å². The number of benzene rings is 2. The van der Waals surface area contributed by atoms with Gasteiger partial charge in [0.1, 0.15) is 11.5 Å². The molecule has 0 aliphatic heterocycles. The number of para-hydroxylation sites is 1. The van der Waals surface area contributed by atoms with Crippen molar-refractivity contribution in [3.8, 4) is 23.0 Å². The zero-order chi connectivity index (χ0) is 18.4. The third kappa shape index (κ3) is 4.79. The first-order chi connectivity index (χ1) is 12.7. The van der Waals surface area contributed by atoms with Crippen LogP contribution in [0.1, 0.15) is 17.5 Å². The van der Waals surface area contributed by atoms with E-state index in [1.807, 2.05) is 24.3 Å². The summed E-state index contributed by atoms with van der Waals surface area (Å²) in [7, 11) is 1.63. The van der Waals surface area contributed by atoms with Gasteiger partial charge >= 0.3 is 0 Å². The number of aryl methyl sites for hydroxylation is 2. The Labute approximate surface area is 157 Å². The second kappa shape index (κ2) is 8.76. The highest BCUT2D eigenvalue weighted by atomic mass is 32.2. The second-order valence-corrected chi connectivity index (χ2v) is 6.99. The van der Waals surface area contributed by atoms with Gasteiger partial charge in [0, 0.05) is 5.75 Å². The molecule has 0 unspecified atom stereocenters. The van der Waals surface area contributed by atoms with Crippen LogP contribution < -0.4 is 9.47 Å². The van der Waals surface area contributed by atoms with Gasteiger partial charge in [0.15, 0.2) is 0 Å². The number of methoxy groups -OCH3 is 1. The molecule has 0 aliphatic rings. The minimum Gasteiger partial charge on any atom is -0.496 e. The summed E-state index contributed by atoms with van der Waals surface area (Å²) in [6, 6.07) is 13.8. The molecule has 3 aromatic rings. The predicted molar refractivity (Wildman–Crippen MR) is 103 cm³/mol. The van der Waals surface area contributed by atoms with Crippen molar-refractivity contribution in [1.29, 1.82) is 0 Å². The molecule has 0 fully saturated rings. The van der Waals surface area contributed by atoms with Gasteiger partial charge in [0.05, 0.1) is 19.3 Å². The van der Waals surface area contributed by atoms with E-state index in [-0.39, 0.29) is 0 Å². The Kier molecular flexibility index (Phi) is 6.17. The van der Waals surface area contributed by atoms with Crippen LogP contribution in [0.25, 0.3) is 11.5 Å². The summed E-state index contributed by atoms with van der Waals surface area (Å²) in [5, 5.41) is 8.76. The van der Waals surface area contributed by atoms with Crippen molar-refractivity contribution in [2.24, 2.45) is 0 Å². The molecule has 1 aromatic heterocycles. The maximum atomic E-state index is 5.81. The quantitative estimate of drug-likeness (QED) is 0.414. The monoisotopic (exact) mass is 370 g/mol.